The van der Waals surface area contributed by atoms with E-state index in [1.165, 1.54) is 0 Å². The van der Waals surface area contributed by atoms with Gasteiger partial charge in [-0.05, 0) is 30.1 Å². The highest BCUT2D eigenvalue weighted by atomic mass is 16.1. The van der Waals surface area contributed by atoms with Gasteiger partial charge in [-0.25, -0.2) is 0 Å². The second-order valence-corrected chi connectivity index (χ2v) is 3.72. The molecule has 0 aliphatic rings. The maximum atomic E-state index is 11.3. The summed E-state index contributed by atoms with van der Waals surface area (Å²) >= 11 is 0. The Morgan fingerprint density at radius 2 is 1.79 bits per heavy atom. The summed E-state index contributed by atoms with van der Waals surface area (Å²) < 4.78 is 0. The third-order valence-electron chi connectivity index (χ3n) is 2.15. The van der Waals surface area contributed by atoms with Crippen molar-refractivity contribution in [1.82, 2.24) is 0 Å². The van der Waals surface area contributed by atoms with Gasteiger partial charge in [0.1, 0.15) is 0 Å². The molecule has 1 nitrogen and oxygen atoms in total. The smallest absolute Gasteiger partial charge is 0.156 e. The summed E-state index contributed by atoms with van der Waals surface area (Å²) in [5.41, 5.74) is 1.97. The average molecular weight is 188 g/mol. The fourth-order valence-electron chi connectivity index (χ4n) is 1.40. The first-order valence-electron chi connectivity index (χ1n) is 4.89. The van der Waals surface area contributed by atoms with Crippen LogP contribution < -0.4 is 0 Å². The molecule has 0 radical (unpaired) electrons. The number of allylic oxidation sites excluding steroid dienone is 1. The minimum atomic E-state index is 0.156. The van der Waals surface area contributed by atoms with Crippen LogP contribution >= 0.6 is 0 Å². The van der Waals surface area contributed by atoms with E-state index in [4.69, 9.17) is 0 Å². The van der Waals surface area contributed by atoms with Crippen molar-refractivity contribution in [3.63, 3.8) is 0 Å². The first-order valence-corrected chi connectivity index (χ1v) is 4.89. The molecule has 14 heavy (non-hydrogen) atoms. The highest BCUT2D eigenvalue weighted by molar-refractivity contribution is 5.98. The highest BCUT2D eigenvalue weighted by Gasteiger charge is 2.07. The zero-order valence-corrected chi connectivity index (χ0v) is 8.95. The third kappa shape index (κ3) is 2.84. The van der Waals surface area contributed by atoms with Crippen LogP contribution in [0.15, 0.2) is 35.9 Å². The molecule has 1 aromatic carbocycles. The van der Waals surface area contributed by atoms with Crippen LogP contribution in [0.5, 0.6) is 0 Å². The van der Waals surface area contributed by atoms with Crippen LogP contribution in [-0.4, -0.2) is 5.78 Å². The molecule has 1 rings (SSSR count). The van der Waals surface area contributed by atoms with E-state index in [-0.39, 0.29) is 11.7 Å². The molecular formula is C13H16O. The van der Waals surface area contributed by atoms with Crippen molar-refractivity contribution >= 4 is 11.9 Å². The molecule has 74 valence electrons. The van der Waals surface area contributed by atoms with Crippen LogP contribution in [0.4, 0.5) is 0 Å². The molecule has 0 saturated heterocycles. The monoisotopic (exact) mass is 188 g/mol. The largest absolute Gasteiger partial charge is 0.295 e. The van der Waals surface area contributed by atoms with Gasteiger partial charge in [0.2, 0.25) is 0 Å². The molecule has 0 bridgehead atoms. The summed E-state index contributed by atoms with van der Waals surface area (Å²) in [5.74, 6) is 0.441. The predicted octanol–water partition coefficient (Wildman–Crippen LogP) is 3.32. The van der Waals surface area contributed by atoms with Crippen LogP contribution in [0, 0.1) is 5.92 Å². The predicted molar refractivity (Wildman–Crippen MR) is 59.9 cm³/mol. The van der Waals surface area contributed by atoms with Crippen molar-refractivity contribution in [2.24, 2.45) is 5.92 Å². The lowest BCUT2D eigenvalue weighted by atomic mass is 9.97. The van der Waals surface area contributed by atoms with E-state index in [0.29, 0.717) is 0 Å². The van der Waals surface area contributed by atoms with E-state index in [1.807, 2.05) is 50.3 Å². The highest BCUT2D eigenvalue weighted by Crippen LogP contribution is 2.15. The fourth-order valence-corrected chi connectivity index (χ4v) is 1.40. The summed E-state index contributed by atoms with van der Waals surface area (Å²) in [6.07, 6.45) is 1.97. The Labute approximate surface area is 85.5 Å². The lowest BCUT2D eigenvalue weighted by Gasteiger charge is -2.07. The number of hydrogen-bond acceptors (Lipinski definition) is 1. The molecule has 0 amide bonds. The van der Waals surface area contributed by atoms with E-state index in [1.54, 1.807) is 6.92 Å². The number of carbonyl (C=O) groups excluding carboxylic acids is 1. The molecule has 0 aliphatic carbocycles. The zero-order valence-electron chi connectivity index (χ0n) is 8.95. The zero-order chi connectivity index (χ0) is 10.6. The van der Waals surface area contributed by atoms with Crippen LogP contribution in [0.25, 0.3) is 6.08 Å². The van der Waals surface area contributed by atoms with Crippen LogP contribution in [0.3, 0.4) is 0 Å². The van der Waals surface area contributed by atoms with Gasteiger partial charge in [-0.1, -0.05) is 44.2 Å². The van der Waals surface area contributed by atoms with Crippen LogP contribution in [0.2, 0.25) is 0 Å². The van der Waals surface area contributed by atoms with Gasteiger partial charge in [0.05, 0.1) is 0 Å². The van der Waals surface area contributed by atoms with Gasteiger partial charge < -0.3 is 0 Å². The lowest BCUT2D eigenvalue weighted by Crippen LogP contribution is -2.03. The van der Waals surface area contributed by atoms with Gasteiger partial charge in [-0.15, -0.1) is 0 Å². The number of rotatable bonds is 3. The first-order chi connectivity index (χ1) is 6.61. The Balaban J connectivity index is 3.00. The molecular weight excluding hydrogens is 172 g/mol. The molecule has 0 fully saturated rings. The minimum Gasteiger partial charge on any atom is -0.295 e. The summed E-state index contributed by atoms with van der Waals surface area (Å²) in [7, 11) is 0. The topological polar surface area (TPSA) is 17.1 Å². The van der Waals surface area contributed by atoms with Gasteiger partial charge in [0, 0.05) is 0 Å². The molecule has 1 aromatic rings. The van der Waals surface area contributed by atoms with Gasteiger partial charge in [0.25, 0.3) is 0 Å². The first kappa shape index (κ1) is 10.7. The Hall–Kier alpha value is -1.37. The van der Waals surface area contributed by atoms with Crippen molar-refractivity contribution in [1.29, 1.82) is 0 Å². The number of ketones is 1. The molecule has 1 heteroatoms. The SMILES string of the molecule is CC(=O)/C(=C/c1ccccc1)C(C)C. The second-order valence-electron chi connectivity index (χ2n) is 3.72. The fraction of sp³-hybridized carbons (Fsp3) is 0.308. The van der Waals surface area contributed by atoms with E-state index < -0.39 is 0 Å². The van der Waals surface area contributed by atoms with Crippen molar-refractivity contribution in [2.75, 3.05) is 0 Å². The lowest BCUT2D eigenvalue weighted by molar-refractivity contribution is -0.113. The summed E-state index contributed by atoms with van der Waals surface area (Å²) in [6, 6.07) is 9.94. The number of hydrogen-bond donors (Lipinski definition) is 0. The minimum absolute atomic E-state index is 0.156. The van der Waals surface area contributed by atoms with Gasteiger partial charge in [-0.2, -0.15) is 0 Å². The number of benzene rings is 1. The standard InChI is InChI=1S/C13H16O/c1-10(2)13(11(3)14)9-12-7-5-4-6-8-12/h4-10H,1-3H3/b13-9+. The molecule has 0 aliphatic heterocycles. The molecule has 0 atom stereocenters. The van der Waals surface area contributed by atoms with Crippen molar-refractivity contribution in [3.05, 3.63) is 41.5 Å². The van der Waals surface area contributed by atoms with Gasteiger partial charge >= 0.3 is 0 Å². The van der Waals surface area contributed by atoms with Crippen LogP contribution in [-0.2, 0) is 4.79 Å². The molecule has 0 saturated carbocycles. The number of carbonyl (C=O) groups is 1. The summed E-state index contributed by atoms with van der Waals surface area (Å²) in [6.45, 7) is 5.70. The third-order valence-corrected chi connectivity index (χ3v) is 2.15. The van der Waals surface area contributed by atoms with Gasteiger partial charge in [-0.3, -0.25) is 4.79 Å². The quantitative estimate of drug-likeness (QED) is 0.665. The number of Topliss-reactive ketones (excluding diaryl/α,β-unsaturated/α-hetero) is 1. The molecule has 0 aromatic heterocycles. The van der Waals surface area contributed by atoms with Crippen molar-refractivity contribution in [2.45, 2.75) is 20.8 Å². The van der Waals surface area contributed by atoms with Crippen molar-refractivity contribution < 1.29 is 4.79 Å². The van der Waals surface area contributed by atoms with E-state index >= 15 is 0 Å². The van der Waals surface area contributed by atoms with E-state index in [0.717, 1.165) is 11.1 Å². The Bertz CT molecular complexity index is 334. The van der Waals surface area contributed by atoms with E-state index in [9.17, 15) is 4.79 Å². The Morgan fingerprint density at radius 3 is 2.21 bits per heavy atom. The molecule has 0 unspecified atom stereocenters. The van der Waals surface area contributed by atoms with E-state index in [2.05, 4.69) is 0 Å². The normalized spacial score (nSPS) is 11.9. The van der Waals surface area contributed by atoms with Gasteiger partial charge in [0.15, 0.2) is 5.78 Å². The molecule has 0 heterocycles. The maximum absolute atomic E-state index is 11.3. The van der Waals surface area contributed by atoms with Crippen LogP contribution in [0.1, 0.15) is 26.3 Å². The summed E-state index contributed by atoms with van der Waals surface area (Å²) in [5, 5.41) is 0. The molecule has 0 N–H and O–H groups in total. The second kappa shape index (κ2) is 4.75. The maximum Gasteiger partial charge on any atom is 0.156 e. The van der Waals surface area contributed by atoms with Crippen molar-refractivity contribution in [3.8, 4) is 0 Å². The Kier molecular flexibility index (Phi) is 3.63. The Morgan fingerprint density at radius 1 is 1.21 bits per heavy atom. The summed E-state index contributed by atoms with van der Waals surface area (Å²) in [4.78, 5) is 11.3. The molecule has 0 spiro atoms. The average Bonchev–Trinajstić information content (AvgIpc) is 2.15.